The molecule has 5 nitrogen and oxygen atoms in total. The molecule has 16 heavy (non-hydrogen) atoms. The van der Waals surface area contributed by atoms with Gasteiger partial charge in [0.2, 0.25) is 0 Å². The van der Waals surface area contributed by atoms with Crippen molar-refractivity contribution in [2.45, 2.75) is 44.5 Å². The second-order valence-electron chi connectivity index (χ2n) is 4.57. The minimum Gasteiger partial charge on any atom is -0.382 e. The van der Waals surface area contributed by atoms with E-state index in [1.807, 2.05) is 0 Å². The number of nitrogens with one attached hydrogen (secondary N) is 1. The van der Waals surface area contributed by atoms with E-state index in [1.54, 1.807) is 6.92 Å². The summed E-state index contributed by atoms with van der Waals surface area (Å²) >= 11 is 0. The zero-order valence-corrected chi connectivity index (χ0v) is 10.9. The monoisotopic (exact) mass is 250 g/mol. The van der Waals surface area contributed by atoms with Crippen LogP contribution in [0.15, 0.2) is 0 Å². The number of nitrogens with two attached hydrogens (primary N) is 1. The van der Waals surface area contributed by atoms with Crippen LogP contribution in [0.3, 0.4) is 0 Å². The van der Waals surface area contributed by atoms with Crippen molar-refractivity contribution in [1.82, 2.24) is 5.09 Å². The molecule has 2 aliphatic rings. The van der Waals surface area contributed by atoms with Crippen molar-refractivity contribution in [2.75, 3.05) is 7.05 Å². The van der Waals surface area contributed by atoms with Gasteiger partial charge in [-0.25, -0.2) is 5.09 Å². The highest BCUT2D eigenvalue weighted by atomic mass is 31.2. The summed E-state index contributed by atoms with van der Waals surface area (Å²) in [7, 11) is -2.11. The Hall–Kier alpha value is 0.0700. The number of rotatable bonds is 3. The molecule has 6 heteroatoms. The van der Waals surface area contributed by atoms with Gasteiger partial charge in [-0.2, -0.15) is 0 Å². The van der Waals surface area contributed by atoms with Crippen LogP contribution in [0, 0.1) is 11.8 Å². The van der Waals surface area contributed by atoms with Gasteiger partial charge in [0.05, 0.1) is 0 Å². The Kier molecular flexibility index (Phi) is 4.95. The van der Waals surface area contributed by atoms with Crippen LogP contribution in [-0.4, -0.2) is 28.9 Å². The summed E-state index contributed by atoms with van der Waals surface area (Å²) in [5, 5.41) is 11.0. The maximum Gasteiger partial charge on any atom is 0.294 e. The van der Waals surface area contributed by atoms with E-state index >= 15 is 0 Å². The van der Waals surface area contributed by atoms with E-state index in [0.717, 1.165) is 11.8 Å². The Morgan fingerprint density at radius 1 is 1.50 bits per heavy atom. The van der Waals surface area contributed by atoms with E-state index in [-0.39, 0.29) is 6.42 Å². The minimum atomic E-state index is -3.46. The van der Waals surface area contributed by atoms with Gasteiger partial charge in [0.15, 0.2) is 0 Å². The molecule has 0 saturated heterocycles. The first kappa shape index (κ1) is 14.1. The van der Waals surface area contributed by atoms with Crippen molar-refractivity contribution in [3.63, 3.8) is 0 Å². The molecule has 4 atom stereocenters. The van der Waals surface area contributed by atoms with Crippen LogP contribution < -0.4 is 10.8 Å². The standard InChI is InChI=1S/C6H11N.C4H12NO3P/c7-6-4-2-1-3-5(4)6;1-3-4(6)9(7,8)5-2/h4-6H,1-3,7H2;4,6H,3H2,1-2H3,(H2,5,7,8). The molecular weight excluding hydrogens is 227 g/mol. The second kappa shape index (κ2) is 5.61. The number of hydrogen-bond acceptors (Lipinski definition) is 3. The highest BCUT2D eigenvalue weighted by molar-refractivity contribution is 7.56. The minimum absolute atomic E-state index is 0.286. The fourth-order valence-corrected chi connectivity index (χ4v) is 3.07. The molecule has 2 aliphatic carbocycles. The number of aliphatic hydroxyl groups is 1. The van der Waals surface area contributed by atoms with Crippen molar-refractivity contribution in [3.8, 4) is 0 Å². The molecule has 5 N–H and O–H groups in total. The first-order valence-electron chi connectivity index (χ1n) is 5.89. The van der Waals surface area contributed by atoms with E-state index in [0.29, 0.717) is 6.04 Å². The van der Waals surface area contributed by atoms with E-state index in [1.165, 1.54) is 26.3 Å². The maximum absolute atomic E-state index is 10.7. The molecule has 0 heterocycles. The fourth-order valence-electron chi connectivity index (χ4n) is 2.27. The summed E-state index contributed by atoms with van der Waals surface area (Å²) in [6.07, 6.45) is 4.58. The lowest BCUT2D eigenvalue weighted by Gasteiger charge is -2.14. The summed E-state index contributed by atoms with van der Waals surface area (Å²) in [4.78, 5) is 8.79. The maximum atomic E-state index is 10.7. The lowest BCUT2D eigenvalue weighted by atomic mass is 10.2. The number of fused-ring (bicyclic) bond motifs is 1. The largest absolute Gasteiger partial charge is 0.382 e. The summed E-state index contributed by atoms with van der Waals surface area (Å²) < 4.78 is 10.7. The third-order valence-corrected chi connectivity index (χ3v) is 5.38. The Labute approximate surface area is 96.9 Å². The van der Waals surface area contributed by atoms with E-state index in [4.69, 9.17) is 15.7 Å². The molecule has 0 aromatic carbocycles. The van der Waals surface area contributed by atoms with E-state index < -0.39 is 13.4 Å². The van der Waals surface area contributed by atoms with E-state index in [2.05, 4.69) is 5.09 Å². The van der Waals surface area contributed by atoms with Crippen LogP contribution in [0.25, 0.3) is 0 Å². The first-order valence-corrected chi connectivity index (χ1v) is 7.62. The van der Waals surface area contributed by atoms with Crippen LogP contribution in [0.2, 0.25) is 0 Å². The topological polar surface area (TPSA) is 95.6 Å². The molecule has 0 aromatic heterocycles. The predicted octanol–water partition coefficient (Wildman–Crippen LogP) is 0.863. The van der Waals surface area contributed by atoms with E-state index in [9.17, 15) is 4.57 Å². The van der Waals surface area contributed by atoms with Gasteiger partial charge < -0.3 is 15.7 Å². The Balaban J connectivity index is 0.000000163. The third-order valence-electron chi connectivity index (χ3n) is 3.56. The lowest BCUT2D eigenvalue weighted by molar-refractivity contribution is 0.223. The molecule has 0 bridgehead atoms. The molecule has 2 saturated carbocycles. The predicted molar refractivity (Wildman–Crippen MR) is 64.0 cm³/mol. The SMILES string of the molecule is CCC(O)P(=O)(O)NC.NC1C2CCCC12. The van der Waals surface area contributed by atoms with Gasteiger partial charge in [0.25, 0.3) is 7.52 Å². The summed E-state index contributed by atoms with van der Waals surface area (Å²) in [6, 6.07) is 0.619. The third kappa shape index (κ3) is 3.28. The molecular formula is C10H23N2O3P. The van der Waals surface area contributed by atoms with Crippen LogP contribution in [0.1, 0.15) is 32.6 Å². The van der Waals surface area contributed by atoms with Gasteiger partial charge in [0.1, 0.15) is 5.85 Å². The second-order valence-corrected chi connectivity index (χ2v) is 6.86. The van der Waals surface area contributed by atoms with Crippen molar-refractivity contribution < 1.29 is 14.6 Å². The molecule has 96 valence electrons. The van der Waals surface area contributed by atoms with Crippen molar-refractivity contribution >= 4 is 7.52 Å². The Morgan fingerprint density at radius 3 is 2.19 bits per heavy atom. The lowest BCUT2D eigenvalue weighted by Crippen LogP contribution is -2.15. The average molecular weight is 250 g/mol. The van der Waals surface area contributed by atoms with Crippen LogP contribution in [0.5, 0.6) is 0 Å². The molecule has 2 fully saturated rings. The molecule has 0 amide bonds. The molecule has 4 unspecified atom stereocenters. The highest BCUT2D eigenvalue weighted by Gasteiger charge is 2.49. The van der Waals surface area contributed by atoms with Crippen molar-refractivity contribution in [3.05, 3.63) is 0 Å². The molecule has 2 rings (SSSR count). The Bertz CT molecular complexity index is 265. The van der Waals surface area contributed by atoms with Gasteiger partial charge in [-0.05, 0) is 38.1 Å². The Morgan fingerprint density at radius 2 is 2.00 bits per heavy atom. The highest BCUT2D eigenvalue weighted by Crippen LogP contribution is 2.50. The van der Waals surface area contributed by atoms with Crippen LogP contribution in [-0.2, 0) is 4.57 Å². The van der Waals surface area contributed by atoms with Crippen LogP contribution >= 0.6 is 7.52 Å². The number of hydrogen-bond donors (Lipinski definition) is 4. The molecule has 0 radical (unpaired) electrons. The van der Waals surface area contributed by atoms with Crippen LogP contribution in [0.4, 0.5) is 0 Å². The normalized spacial score (nSPS) is 36.7. The summed E-state index contributed by atoms with van der Waals surface area (Å²) in [6.45, 7) is 1.64. The summed E-state index contributed by atoms with van der Waals surface area (Å²) in [5.74, 6) is 0.780. The fraction of sp³-hybridized carbons (Fsp3) is 1.00. The molecule has 0 spiro atoms. The molecule has 0 aromatic rings. The quantitative estimate of drug-likeness (QED) is 0.557. The average Bonchev–Trinajstić information content (AvgIpc) is 2.73. The van der Waals surface area contributed by atoms with Crippen molar-refractivity contribution in [2.24, 2.45) is 17.6 Å². The zero-order valence-electron chi connectivity index (χ0n) is 9.97. The van der Waals surface area contributed by atoms with Gasteiger partial charge in [0, 0.05) is 6.04 Å². The van der Waals surface area contributed by atoms with Gasteiger partial charge >= 0.3 is 0 Å². The van der Waals surface area contributed by atoms with Gasteiger partial charge in [-0.3, -0.25) is 4.57 Å². The zero-order chi connectivity index (χ0) is 12.3. The van der Waals surface area contributed by atoms with Gasteiger partial charge in [-0.1, -0.05) is 13.3 Å². The smallest absolute Gasteiger partial charge is 0.294 e. The number of aliphatic hydroxyl groups excluding tert-OH is 1. The molecule has 0 aliphatic heterocycles. The van der Waals surface area contributed by atoms with Gasteiger partial charge in [-0.15, -0.1) is 0 Å². The summed E-state index contributed by atoms with van der Waals surface area (Å²) in [5.41, 5.74) is 5.67. The first-order chi connectivity index (χ1) is 7.44. The van der Waals surface area contributed by atoms with Crippen molar-refractivity contribution in [1.29, 1.82) is 0 Å².